The molecule has 0 saturated carbocycles. The minimum absolute atomic E-state index is 0.187. The maximum atomic E-state index is 12.3. The molecule has 3 rings (SSSR count). The van der Waals surface area contributed by atoms with Gasteiger partial charge in [-0.1, -0.05) is 30.3 Å². The van der Waals surface area contributed by atoms with Crippen LogP contribution in [0.1, 0.15) is 12.0 Å². The highest BCUT2D eigenvalue weighted by molar-refractivity contribution is 5.91. The van der Waals surface area contributed by atoms with E-state index in [1.54, 1.807) is 4.90 Å². The number of hydrogen-bond acceptors (Lipinski definition) is 5. The number of nitrogens with zero attached hydrogens (tertiary/aromatic N) is 1. The van der Waals surface area contributed by atoms with Gasteiger partial charge in [0.25, 0.3) is 0 Å². The van der Waals surface area contributed by atoms with Crippen molar-refractivity contribution < 1.29 is 19.1 Å². The summed E-state index contributed by atoms with van der Waals surface area (Å²) < 4.78 is 5.33. The number of fused-ring (bicyclic) bond motifs is 1. The van der Waals surface area contributed by atoms with Crippen molar-refractivity contribution in [1.82, 2.24) is 4.90 Å². The van der Waals surface area contributed by atoms with Crippen LogP contribution in [-0.2, 0) is 25.7 Å². The molecule has 2 heterocycles. The summed E-state index contributed by atoms with van der Waals surface area (Å²) in [5.74, 6) is -0.844. The van der Waals surface area contributed by atoms with Gasteiger partial charge in [-0.05, 0) is 12.0 Å². The van der Waals surface area contributed by atoms with Gasteiger partial charge in [-0.25, -0.2) is 4.79 Å². The van der Waals surface area contributed by atoms with E-state index in [2.05, 4.69) is 0 Å². The van der Waals surface area contributed by atoms with Crippen molar-refractivity contribution in [2.24, 2.45) is 5.92 Å². The smallest absolute Gasteiger partial charge is 0.329 e. The number of ether oxygens (including phenoxy) is 1. The van der Waals surface area contributed by atoms with Crippen LogP contribution >= 0.6 is 0 Å². The number of carbonyl (C=O) groups is 3. The van der Waals surface area contributed by atoms with Gasteiger partial charge >= 0.3 is 5.97 Å². The lowest BCUT2D eigenvalue weighted by Gasteiger charge is -2.15. The third-order valence-electron chi connectivity index (χ3n) is 4.22. The molecule has 0 spiro atoms. The van der Waals surface area contributed by atoms with Gasteiger partial charge in [-0.15, -0.1) is 0 Å². The fraction of sp³-hybridized carbons (Fsp3) is 0.400. The van der Waals surface area contributed by atoms with Gasteiger partial charge in [0.05, 0.1) is 6.04 Å². The molecule has 2 fully saturated rings. The van der Waals surface area contributed by atoms with Crippen LogP contribution in [0.15, 0.2) is 30.3 Å². The molecule has 0 aromatic heterocycles. The molecule has 5 nitrogen and oxygen atoms in total. The maximum absolute atomic E-state index is 12.3. The Labute approximate surface area is 116 Å². The van der Waals surface area contributed by atoms with E-state index in [9.17, 15) is 14.4 Å². The summed E-state index contributed by atoms with van der Waals surface area (Å²) in [6, 6.07) is 9.04. The number of rotatable bonds is 5. The maximum Gasteiger partial charge on any atom is 0.329 e. The number of piperidine rings is 1. The lowest BCUT2D eigenvalue weighted by Crippen LogP contribution is -2.35. The molecule has 2 saturated heterocycles. The quantitative estimate of drug-likeness (QED) is 0.446. The second kappa shape index (κ2) is 4.83. The van der Waals surface area contributed by atoms with E-state index in [-0.39, 0.29) is 12.6 Å². The lowest BCUT2D eigenvalue weighted by molar-refractivity contribution is -0.151. The highest BCUT2D eigenvalue weighted by Crippen LogP contribution is 2.50. The normalized spacial score (nSPS) is 34.1. The molecule has 1 aromatic rings. The zero-order chi connectivity index (χ0) is 14.2. The Kier molecular flexibility index (Phi) is 3.14. The van der Waals surface area contributed by atoms with Crippen LogP contribution in [0, 0.1) is 5.92 Å². The minimum atomic E-state index is -0.887. The van der Waals surface area contributed by atoms with Gasteiger partial charge in [-0.3, -0.25) is 4.90 Å². The van der Waals surface area contributed by atoms with Crippen LogP contribution < -0.4 is 0 Å². The molecule has 4 atom stereocenters. The number of esters is 1. The zero-order valence-corrected chi connectivity index (χ0v) is 10.9. The van der Waals surface area contributed by atoms with Crippen molar-refractivity contribution >= 4 is 18.5 Å². The summed E-state index contributed by atoms with van der Waals surface area (Å²) in [5.41, 5.74) is 0.0132. The van der Waals surface area contributed by atoms with E-state index in [0.29, 0.717) is 13.0 Å². The molecule has 1 aromatic carbocycles. The number of hydrogen-bond donors (Lipinski definition) is 0. The monoisotopic (exact) mass is 273 g/mol. The number of carbonyl (C=O) groups excluding carboxylic acids is 3. The van der Waals surface area contributed by atoms with Crippen molar-refractivity contribution in [2.75, 3.05) is 6.54 Å². The van der Waals surface area contributed by atoms with Crippen LogP contribution in [0.5, 0.6) is 0 Å². The number of benzene rings is 1. The SMILES string of the molecule is O=C[C@@H]1C[C@H](C=O)[C@]2(C(=O)OCc3ccccc3)CN12. The van der Waals surface area contributed by atoms with Crippen LogP contribution in [-0.4, -0.2) is 41.6 Å². The fourth-order valence-electron chi connectivity index (χ4n) is 3.03. The van der Waals surface area contributed by atoms with E-state index in [1.165, 1.54) is 0 Å². The fourth-order valence-corrected chi connectivity index (χ4v) is 3.03. The Balaban J connectivity index is 1.68. The Morgan fingerprint density at radius 1 is 1.30 bits per heavy atom. The Bertz CT molecular complexity index is 544. The number of aldehydes is 2. The Hall–Kier alpha value is -2.01. The first-order valence-electron chi connectivity index (χ1n) is 6.61. The van der Waals surface area contributed by atoms with Gasteiger partial charge in [-0.2, -0.15) is 0 Å². The predicted molar refractivity (Wildman–Crippen MR) is 69.7 cm³/mol. The summed E-state index contributed by atoms with van der Waals surface area (Å²) in [6.45, 7) is 0.625. The van der Waals surface area contributed by atoms with Gasteiger partial charge in [0, 0.05) is 12.5 Å². The highest BCUT2D eigenvalue weighted by atomic mass is 16.5. The largest absolute Gasteiger partial charge is 0.459 e. The second-order valence-corrected chi connectivity index (χ2v) is 5.30. The van der Waals surface area contributed by atoms with E-state index in [4.69, 9.17) is 4.74 Å². The van der Waals surface area contributed by atoms with Crippen LogP contribution in [0.2, 0.25) is 0 Å². The van der Waals surface area contributed by atoms with Crippen LogP contribution in [0.3, 0.4) is 0 Å². The Morgan fingerprint density at radius 2 is 2.05 bits per heavy atom. The molecule has 104 valence electrons. The molecule has 2 aliphatic heterocycles. The van der Waals surface area contributed by atoms with E-state index in [0.717, 1.165) is 18.1 Å². The standard InChI is InChI=1S/C15H15NO4/c17-7-12-6-13(8-18)16-10-15(12,16)14(19)20-9-11-4-2-1-3-5-11/h1-5,7-8,12-13H,6,9-10H2/t12-,13+,15+,16?/m1/s1. The first-order valence-corrected chi connectivity index (χ1v) is 6.61. The first kappa shape index (κ1) is 13.0. The molecule has 0 bridgehead atoms. The minimum Gasteiger partial charge on any atom is -0.459 e. The highest BCUT2D eigenvalue weighted by Gasteiger charge is 2.71. The summed E-state index contributed by atoms with van der Waals surface area (Å²) in [5, 5.41) is 0. The average molecular weight is 273 g/mol. The lowest BCUT2D eigenvalue weighted by atomic mass is 9.91. The Morgan fingerprint density at radius 3 is 2.70 bits per heavy atom. The summed E-state index contributed by atoms with van der Waals surface area (Å²) >= 11 is 0. The molecule has 0 radical (unpaired) electrons. The van der Waals surface area contributed by atoms with Crippen molar-refractivity contribution in [3.8, 4) is 0 Å². The van der Waals surface area contributed by atoms with Gasteiger partial charge in [0.2, 0.25) is 0 Å². The van der Waals surface area contributed by atoms with E-state index in [1.807, 2.05) is 30.3 Å². The van der Waals surface area contributed by atoms with E-state index < -0.39 is 17.4 Å². The third-order valence-corrected chi connectivity index (χ3v) is 4.22. The molecular weight excluding hydrogens is 258 g/mol. The van der Waals surface area contributed by atoms with Gasteiger partial charge < -0.3 is 14.3 Å². The molecule has 0 N–H and O–H groups in total. The second-order valence-electron chi connectivity index (χ2n) is 5.30. The van der Waals surface area contributed by atoms with E-state index >= 15 is 0 Å². The molecule has 5 heteroatoms. The van der Waals surface area contributed by atoms with Gasteiger partial charge in [0.1, 0.15) is 24.7 Å². The molecule has 0 amide bonds. The third kappa shape index (κ3) is 1.86. The van der Waals surface area contributed by atoms with Crippen molar-refractivity contribution in [2.45, 2.75) is 24.6 Å². The van der Waals surface area contributed by atoms with Crippen LogP contribution in [0.25, 0.3) is 0 Å². The van der Waals surface area contributed by atoms with Crippen molar-refractivity contribution in [3.63, 3.8) is 0 Å². The zero-order valence-electron chi connectivity index (χ0n) is 10.9. The summed E-state index contributed by atoms with van der Waals surface area (Å²) in [4.78, 5) is 36.1. The predicted octanol–water partition coefficient (Wildman–Crippen LogP) is 0.570. The molecule has 1 unspecified atom stereocenters. The van der Waals surface area contributed by atoms with Gasteiger partial charge in [0.15, 0.2) is 0 Å². The summed E-state index contributed by atoms with van der Waals surface area (Å²) in [6.07, 6.45) is 1.98. The molecule has 0 aliphatic carbocycles. The molecular formula is C15H15NO4. The van der Waals surface area contributed by atoms with Crippen molar-refractivity contribution in [3.05, 3.63) is 35.9 Å². The average Bonchev–Trinajstić information content (AvgIpc) is 3.17. The first-order chi connectivity index (χ1) is 9.72. The van der Waals surface area contributed by atoms with Crippen LogP contribution in [0.4, 0.5) is 0 Å². The topological polar surface area (TPSA) is 63.4 Å². The molecule has 2 aliphatic rings. The molecule has 20 heavy (non-hydrogen) atoms. The summed E-state index contributed by atoms with van der Waals surface area (Å²) in [7, 11) is 0. The van der Waals surface area contributed by atoms with Crippen molar-refractivity contribution in [1.29, 1.82) is 0 Å².